The van der Waals surface area contributed by atoms with Gasteiger partial charge in [-0.15, -0.1) is 11.3 Å². The van der Waals surface area contributed by atoms with Gasteiger partial charge in [-0.2, -0.15) is 0 Å². The summed E-state index contributed by atoms with van der Waals surface area (Å²) in [5.74, 6) is -0.636. The minimum atomic E-state index is -0.491. The highest BCUT2D eigenvalue weighted by atomic mass is 35.5. The molecule has 1 aromatic heterocycles. The van der Waals surface area contributed by atoms with Crippen LogP contribution in [-0.4, -0.2) is 49.1 Å². The van der Waals surface area contributed by atoms with Crippen LogP contribution in [0.25, 0.3) is 0 Å². The normalized spacial score (nSPS) is 10.5. The molecule has 0 radical (unpaired) electrons. The summed E-state index contributed by atoms with van der Waals surface area (Å²) in [6.45, 7) is 1.35. The molecule has 0 aliphatic carbocycles. The van der Waals surface area contributed by atoms with E-state index in [0.717, 1.165) is 0 Å². The van der Waals surface area contributed by atoms with Gasteiger partial charge in [-0.05, 0) is 24.6 Å². The molecule has 0 unspecified atom stereocenters. The number of carbonyl (C=O) groups excluding carboxylic acids is 2. The molecule has 0 bridgehead atoms. The van der Waals surface area contributed by atoms with Gasteiger partial charge in [0.25, 0.3) is 5.91 Å². The van der Waals surface area contributed by atoms with Crippen molar-refractivity contribution in [2.24, 2.45) is 0 Å². The summed E-state index contributed by atoms with van der Waals surface area (Å²) in [6.07, 6.45) is 0.692. The van der Waals surface area contributed by atoms with Crippen molar-refractivity contribution >= 4 is 34.8 Å². The van der Waals surface area contributed by atoms with Crippen molar-refractivity contribution in [1.29, 1.82) is 0 Å². The largest absolute Gasteiger partial charge is 0.464 e. The molecule has 0 N–H and O–H groups in total. The second kappa shape index (κ2) is 9.50. The van der Waals surface area contributed by atoms with Crippen molar-refractivity contribution in [2.75, 3.05) is 27.4 Å². The smallest absolute Gasteiger partial charge is 0.357 e. The van der Waals surface area contributed by atoms with Crippen molar-refractivity contribution in [1.82, 2.24) is 9.88 Å². The van der Waals surface area contributed by atoms with Crippen LogP contribution in [0.2, 0.25) is 5.02 Å². The van der Waals surface area contributed by atoms with E-state index >= 15 is 0 Å². The molecule has 2 aromatic rings. The zero-order valence-electron chi connectivity index (χ0n) is 14.0. The van der Waals surface area contributed by atoms with Crippen LogP contribution < -0.4 is 0 Å². The molecule has 134 valence electrons. The summed E-state index contributed by atoms with van der Waals surface area (Å²) < 4.78 is 9.72. The van der Waals surface area contributed by atoms with E-state index in [1.165, 1.54) is 18.4 Å². The summed E-state index contributed by atoms with van der Waals surface area (Å²) in [5.41, 5.74) is 0.754. The van der Waals surface area contributed by atoms with Gasteiger partial charge in [-0.3, -0.25) is 4.79 Å². The van der Waals surface area contributed by atoms with Crippen molar-refractivity contribution in [3.63, 3.8) is 0 Å². The number of benzene rings is 1. The number of ether oxygens (including phenoxy) is 2. The predicted molar refractivity (Wildman–Crippen MR) is 96.1 cm³/mol. The number of aromatic nitrogens is 1. The summed E-state index contributed by atoms with van der Waals surface area (Å²) in [6, 6.07) is 6.81. The van der Waals surface area contributed by atoms with Crippen LogP contribution in [0, 0.1) is 0 Å². The highest BCUT2D eigenvalue weighted by Crippen LogP contribution is 2.17. The lowest BCUT2D eigenvalue weighted by Crippen LogP contribution is -2.32. The number of methoxy groups -OCH3 is 2. The molecule has 0 saturated carbocycles. The molecule has 0 atom stereocenters. The Hall–Kier alpha value is -1.96. The Morgan fingerprint density at radius 3 is 2.80 bits per heavy atom. The lowest BCUT2D eigenvalue weighted by Gasteiger charge is -2.21. The standard InChI is InChI=1S/C17H19ClN2O4S/c1-23-8-4-7-20(16(21)12-5-3-6-13(18)9-12)10-15-19-14(11-25-15)17(22)24-2/h3,5-6,9,11H,4,7-8,10H2,1-2H3. The summed E-state index contributed by atoms with van der Waals surface area (Å²) in [7, 11) is 2.92. The lowest BCUT2D eigenvalue weighted by molar-refractivity contribution is 0.0594. The lowest BCUT2D eigenvalue weighted by atomic mass is 10.2. The van der Waals surface area contributed by atoms with Gasteiger partial charge >= 0.3 is 5.97 Å². The molecule has 0 spiro atoms. The van der Waals surface area contributed by atoms with Gasteiger partial charge in [0.15, 0.2) is 5.69 Å². The van der Waals surface area contributed by atoms with E-state index < -0.39 is 5.97 Å². The number of carbonyl (C=O) groups is 2. The summed E-state index contributed by atoms with van der Waals surface area (Å²) in [4.78, 5) is 30.2. The predicted octanol–water partition coefficient (Wildman–Crippen LogP) is 3.26. The third-order valence-corrected chi connectivity index (χ3v) is 4.48. The third-order valence-electron chi connectivity index (χ3n) is 3.41. The van der Waals surface area contributed by atoms with Crippen LogP contribution in [0.4, 0.5) is 0 Å². The van der Waals surface area contributed by atoms with Crippen LogP contribution in [-0.2, 0) is 16.0 Å². The SMILES string of the molecule is COCCCN(Cc1nc(C(=O)OC)cs1)C(=O)c1cccc(Cl)c1. The molecular formula is C17H19ClN2O4S. The fourth-order valence-corrected chi connectivity index (χ4v) is 3.17. The van der Waals surface area contributed by atoms with E-state index in [2.05, 4.69) is 9.72 Å². The van der Waals surface area contributed by atoms with Gasteiger partial charge in [0.2, 0.25) is 0 Å². The molecule has 0 aliphatic heterocycles. The second-order valence-electron chi connectivity index (χ2n) is 5.20. The van der Waals surface area contributed by atoms with Crippen LogP contribution in [0.5, 0.6) is 0 Å². The van der Waals surface area contributed by atoms with E-state index in [9.17, 15) is 9.59 Å². The maximum atomic E-state index is 12.8. The molecule has 0 saturated heterocycles. The molecule has 1 heterocycles. The molecule has 8 heteroatoms. The Morgan fingerprint density at radius 1 is 1.32 bits per heavy atom. The van der Waals surface area contributed by atoms with E-state index in [-0.39, 0.29) is 11.6 Å². The number of rotatable bonds is 8. The van der Waals surface area contributed by atoms with E-state index in [0.29, 0.717) is 41.7 Å². The van der Waals surface area contributed by atoms with E-state index in [4.69, 9.17) is 16.3 Å². The number of halogens is 1. The molecule has 0 fully saturated rings. The number of nitrogens with zero attached hydrogens (tertiary/aromatic N) is 2. The van der Waals surface area contributed by atoms with Crippen molar-refractivity contribution in [2.45, 2.75) is 13.0 Å². The molecule has 0 aliphatic rings. The molecule has 25 heavy (non-hydrogen) atoms. The van der Waals surface area contributed by atoms with E-state index in [1.807, 2.05) is 0 Å². The summed E-state index contributed by atoms with van der Waals surface area (Å²) in [5, 5.41) is 2.79. The van der Waals surface area contributed by atoms with Gasteiger partial charge in [0, 0.05) is 36.2 Å². The quantitative estimate of drug-likeness (QED) is 0.517. The number of esters is 1. The average Bonchev–Trinajstić information content (AvgIpc) is 3.08. The molecule has 1 amide bonds. The van der Waals surface area contributed by atoms with Gasteiger partial charge < -0.3 is 14.4 Å². The first-order valence-electron chi connectivity index (χ1n) is 7.61. The fourth-order valence-electron chi connectivity index (χ4n) is 2.20. The number of amides is 1. The highest BCUT2D eigenvalue weighted by Gasteiger charge is 2.19. The zero-order valence-corrected chi connectivity index (χ0v) is 15.6. The maximum Gasteiger partial charge on any atom is 0.357 e. The molecule has 1 aromatic carbocycles. The Labute approximate surface area is 155 Å². The molecule has 2 rings (SSSR count). The number of hydrogen-bond acceptors (Lipinski definition) is 6. The fraction of sp³-hybridized carbons (Fsp3) is 0.353. The zero-order chi connectivity index (χ0) is 18.2. The van der Waals surface area contributed by atoms with Crippen molar-refractivity contribution < 1.29 is 19.1 Å². The van der Waals surface area contributed by atoms with Crippen LogP contribution >= 0.6 is 22.9 Å². The van der Waals surface area contributed by atoms with Crippen molar-refractivity contribution in [3.8, 4) is 0 Å². The van der Waals surface area contributed by atoms with Gasteiger partial charge in [0.1, 0.15) is 5.01 Å². The first-order chi connectivity index (χ1) is 12.0. The Morgan fingerprint density at radius 2 is 2.12 bits per heavy atom. The monoisotopic (exact) mass is 382 g/mol. The summed E-state index contributed by atoms with van der Waals surface area (Å²) >= 11 is 7.30. The minimum Gasteiger partial charge on any atom is -0.464 e. The number of thiazole rings is 1. The average molecular weight is 383 g/mol. The topological polar surface area (TPSA) is 68.7 Å². The molecular weight excluding hydrogens is 364 g/mol. The van der Waals surface area contributed by atoms with Gasteiger partial charge in [-0.1, -0.05) is 17.7 Å². The second-order valence-corrected chi connectivity index (χ2v) is 6.58. The first-order valence-corrected chi connectivity index (χ1v) is 8.87. The van der Waals surface area contributed by atoms with E-state index in [1.54, 1.807) is 41.7 Å². The van der Waals surface area contributed by atoms with Crippen molar-refractivity contribution in [3.05, 3.63) is 50.9 Å². The van der Waals surface area contributed by atoms with Crippen LogP contribution in [0.15, 0.2) is 29.6 Å². The van der Waals surface area contributed by atoms with Crippen LogP contribution in [0.3, 0.4) is 0 Å². The third kappa shape index (κ3) is 5.52. The van der Waals surface area contributed by atoms with Gasteiger partial charge in [0.05, 0.1) is 13.7 Å². The Kier molecular flexibility index (Phi) is 7.36. The maximum absolute atomic E-state index is 12.8. The minimum absolute atomic E-state index is 0.145. The van der Waals surface area contributed by atoms with Crippen LogP contribution in [0.1, 0.15) is 32.3 Å². The number of hydrogen-bond donors (Lipinski definition) is 0. The highest BCUT2D eigenvalue weighted by molar-refractivity contribution is 7.09. The Bertz CT molecular complexity index is 735. The Balaban J connectivity index is 2.16. The first kappa shape index (κ1) is 19.4. The van der Waals surface area contributed by atoms with Gasteiger partial charge in [-0.25, -0.2) is 9.78 Å². The molecule has 6 nitrogen and oxygen atoms in total.